The highest BCUT2D eigenvalue weighted by atomic mass is 32.1. The molecule has 70 valence electrons. The summed E-state index contributed by atoms with van der Waals surface area (Å²) in [7, 11) is 0. The Kier molecular flexibility index (Phi) is 3.70. The lowest BCUT2D eigenvalue weighted by Crippen LogP contribution is -2.17. The van der Waals surface area contributed by atoms with Crippen molar-refractivity contribution < 1.29 is 0 Å². The minimum atomic E-state index is 0.797. The van der Waals surface area contributed by atoms with Crippen LogP contribution in [0, 0.1) is 11.8 Å². The van der Waals surface area contributed by atoms with E-state index in [1.54, 1.807) is 11.1 Å². The highest BCUT2D eigenvalue weighted by Gasteiger charge is 2.21. The van der Waals surface area contributed by atoms with Crippen LogP contribution in [-0.2, 0) is 0 Å². The lowest BCUT2D eigenvalue weighted by molar-refractivity contribution is 0.417. The number of hydrogen-bond acceptors (Lipinski definition) is 1. The Labute approximate surface area is 81.8 Å². The SMILES string of the molecule is CCC1=C(C)C(C)CC(CS)C1. The molecule has 0 bridgehead atoms. The topological polar surface area (TPSA) is 0 Å². The van der Waals surface area contributed by atoms with Crippen molar-refractivity contribution >= 4 is 12.6 Å². The van der Waals surface area contributed by atoms with Gasteiger partial charge in [-0.05, 0) is 43.8 Å². The van der Waals surface area contributed by atoms with E-state index in [4.69, 9.17) is 0 Å². The maximum absolute atomic E-state index is 4.39. The van der Waals surface area contributed by atoms with E-state index in [1.165, 1.54) is 19.3 Å². The van der Waals surface area contributed by atoms with E-state index in [9.17, 15) is 0 Å². The minimum absolute atomic E-state index is 0.797. The maximum atomic E-state index is 4.39. The second-order valence-electron chi connectivity index (χ2n) is 4.03. The third-order valence-corrected chi connectivity index (χ3v) is 3.72. The highest BCUT2D eigenvalue weighted by molar-refractivity contribution is 7.80. The first-order valence-electron chi connectivity index (χ1n) is 4.98. The number of allylic oxidation sites excluding steroid dienone is 2. The van der Waals surface area contributed by atoms with Crippen LogP contribution in [0.2, 0.25) is 0 Å². The van der Waals surface area contributed by atoms with Crippen molar-refractivity contribution in [1.82, 2.24) is 0 Å². The van der Waals surface area contributed by atoms with Gasteiger partial charge in [0.05, 0.1) is 0 Å². The van der Waals surface area contributed by atoms with Gasteiger partial charge in [-0.25, -0.2) is 0 Å². The van der Waals surface area contributed by atoms with Crippen LogP contribution in [0.25, 0.3) is 0 Å². The molecule has 0 saturated heterocycles. The quantitative estimate of drug-likeness (QED) is 0.491. The van der Waals surface area contributed by atoms with Crippen LogP contribution < -0.4 is 0 Å². The van der Waals surface area contributed by atoms with Gasteiger partial charge in [0.25, 0.3) is 0 Å². The Bertz CT molecular complexity index is 181. The molecule has 0 aromatic rings. The summed E-state index contributed by atoms with van der Waals surface area (Å²) in [6.07, 6.45) is 3.88. The van der Waals surface area contributed by atoms with Crippen molar-refractivity contribution in [2.75, 3.05) is 5.75 Å². The van der Waals surface area contributed by atoms with Gasteiger partial charge in [0.2, 0.25) is 0 Å². The van der Waals surface area contributed by atoms with Crippen LogP contribution in [0.15, 0.2) is 11.1 Å². The Hall–Kier alpha value is 0.0900. The highest BCUT2D eigenvalue weighted by Crippen LogP contribution is 2.35. The molecule has 0 fully saturated rings. The molecule has 0 amide bonds. The summed E-state index contributed by atoms with van der Waals surface area (Å²) in [6.45, 7) is 6.92. The molecule has 2 unspecified atom stereocenters. The smallest absolute Gasteiger partial charge is 0.00662 e. The average Bonchev–Trinajstić information content (AvgIpc) is 2.09. The molecule has 0 nitrogen and oxygen atoms in total. The summed E-state index contributed by atoms with van der Waals surface area (Å²) >= 11 is 4.39. The van der Waals surface area contributed by atoms with Crippen molar-refractivity contribution in [2.24, 2.45) is 11.8 Å². The van der Waals surface area contributed by atoms with Gasteiger partial charge in [0, 0.05) is 0 Å². The van der Waals surface area contributed by atoms with Crippen molar-refractivity contribution in [3.8, 4) is 0 Å². The summed E-state index contributed by atoms with van der Waals surface area (Å²) in [5, 5.41) is 0. The molecular formula is C11H20S. The second-order valence-corrected chi connectivity index (χ2v) is 4.39. The van der Waals surface area contributed by atoms with Gasteiger partial charge in [-0.15, -0.1) is 0 Å². The number of hydrogen-bond donors (Lipinski definition) is 1. The molecule has 0 N–H and O–H groups in total. The molecule has 0 aromatic heterocycles. The Balaban J connectivity index is 2.73. The van der Waals surface area contributed by atoms with Gasteiger partial charge in [0.15, 0.2) is 0 Å². The van der Waals surface area contributed by atoms with Crippen LogP contribution in [-0.4, -0.2) is 5.75 Å². The third-order valence-electron chi connectivity index (χ3n) is 3.20. The van der Waals surface area contributed by atoms with Crippen LogP contribution >= 0.6 is 12.6 Å². The Morgan fingerprint density at radius 2 is 2.17 bits per heavy atom. The first-order chi connectivity index (χ1) is 5.69. The fourth-order valence-electron chi connectivity index (χ4n) is 2.18. The van der Waals surface area contributed by atoms with Crippen molar-refractivity contribution in [3.05, 3.63) is 11.1 Å². The number of rotatable bonds is 2. The predicted molar refractivity (Wildman–Crippen MR) is 58.7 cm³/mol. The molecule has 2 atom stereocenters. The minimum Gasteiger partial charge on any atom is -0.179 e. The summed E-state index contributed by atoms with van der Waals surface area (Å²) in [6, 6.07) is 0. The summed E-state index contributed by atoms with van der Waals surface area (Å²) in [4.78, 5) is 0. The van der Waals surface area contributed by atoms with Gasteiger partial charge in [-0.3, -0.25) is 0 Å². The van der Waals surface area contributed by atoms with Gasteiger partial charge in [-0.2, -0.15) is 12.6 Å². The summed E-state index contributed by atoms with van der Waals surface area (Å²) < 4.78 is 0. The lowest BCUT2D eigenvalue weighted by Gasteiger charge is -2.29. The Morgan fingerprint density at radius 1 is 1.50 bits per heavy atom. The van der Waals surface area contributed by atoms with E-state index in [0.29, 0.717) is 0 Å². The van der Waals surface area contributed by atoms with Crippen molar-refractivity contribution in [1.29, 1.82) is 0 Å². The fourth-order valence-corrected chi connectivity index (χ4v) is 2.46. The Morgan fingerprint density at radius 3 is 2.67 bits per heavy atom. The molecule has 12 heavy (non-hydrogen) atoms. The first-order valence-corrected chi connectivity index (χ1v) is 5.61. The van der Waals surface area contributed by atoms with E-state index in [-0.39, 0.29) is 0 Å². The van der Waals surface area contributed by atoms with Crippen LogP contribution in [0.1, 0.15) is 40.0 Å². The van der Waals surface area contributed by atoms with Crippen LogP contribution in [0.3, 0.4) is 0 Å². The zero-order chi connectivity index (χ0) is 9.14. The fraction of sp³-hybridized carbons (Fsp3) is 0.818. The van der Waals surface area contributed by atoms with E-state index < -0.39 is 0 Å². The zero-order valence-electron chi connectivity index (χ0n) is 8.43. The standard InChI is InChI=1S/C11H20S/c1-4-11-6-10(7-12)5-8(2)9(11)3/h8,10,12H,4-7H2,1-3H3. The molecule has 1 aliphatic rings. The molecule has 0 radical (unpaired) electrons. The van der Waals surface area contributed by atoms with Crippen molar-refractivity contribution in [3.63, 3.8) is 0 Å². The zero-order valence-corrected chi connectivity index (χ0v) is 9.32. The molecule has 0 heterocycles. The third kappa shape index (κ3) is 2.07. The molecule has 0 spiro atoms. The van der Waals surface area contributed by atoms with Gasteiger partial charge in [-0.1, -0.05) is 25.0 Å². The molecule has 0 aliphatic heterocycles. The first kappa shape index (κ1) is 10.2. The molecule has 1 heteroatoms. The van der Waals surface area contributed by atoms with Gasteiger partial charge < -0.3 is 0 Å². The largest absolute Gasteiger partial charge is 0.179 e. The normalized spacial score (nSPS) is 31.0. The second kappa shape index (κ2) is 4.36. The van der Waals surface area contributed by atoms with Gasteiger partial charge in [0.1, 0.15) is 0 Å². The van der Waals surface area contributed by atoms with Gasteiger partial charge >= 0.3 is 0 Å². The van der Waals surface area contributed by atoms with E-state index in [0.717, 1.165) is 17.6 Å². The monoisotopic (exact) mass is 184 g/mol. The van der Waals surface area contributed by atoms with Crippen LogP contribution in [0.5, 0.6) is 0 Å². The molecule has 1 rings (SSSR count). The molecule has 0 saturated carbocycles. The predicted octanol–water partition coefficient (Wildman–Crippen LogP) is 3.69. The van der Waals surface area contributed by atoms with Crippen LogP contribution in [0.4, 0.5) is 0 Å². The van der Waals surface area contributed by atoms with E-state index in [2.05, 4.69) is 33.4 Å². The summed E-state index contributed by atoms with van der Waals surface area (Å²) in [5.41, 5.74) is 3.34. The molecule has 0 aromatic carbocycles. The molecule has 1 aliphatic carbocycles. The number of thiol groups is 1. The molecular weight excluding hydrogens is 164 g/mol. The maximum Gasteiger partial charge on any atom is -0.00662 e. The van der Waals surface area contributed by atoms with E-state index in [1.807, 2.05) is 0 Å². The summed E-state index contributed by atoms with van der Waals surface area (Å²) in [5.74, 6) is 2.69. The average molecular weight is 184 g/mol. The lowest BCUT2D eigenvalue weighted by atomic mass is 9.78. The van der Waals surface area contributed by atoms with E-state index >= 15 is 0 Å². The van der Waals surface area contributed by atoms with Crippen molar-refractivity contribution in [2.45, 2.75) is 40.0 Å².